The molecule has 0 amide bonds. The predicted octanol–water partition coefficient (Wildman–Crippen LogP) is 2.93. The van der Waals surface area contributed by atoms with Crippen LogP contribution in [0.5, 0.6) is 0 Å². The fourth-order valence-corrected chi connectivity index (χ4v) is 3.17. The minimum Gasteiger partial charge on any atom is -0.385 e. The maximum absolute atomic E-state index is 5.49. The highest BCUT2D eigenvalue weighted by molar-refractivity contribution is 8.23. The molecule has 1 aliphatic carbocycles. The van der Waals surface area contributed by atoms with E-state index in [2.05, 4.69) is 6.92 Å². The molecule has 1 fully saturated rings. The van der Waals surface area contributed by atoms with Crippen LogP contribution in [0.3, 0.4) is 0 Å². The Hall–Kier alpha value is 0.240. The normalized spacial score (nSPS) is 22.1. The summed E-state index contributed by atoms with van der Waals surface area (Å²) >= 11 is 6.55. The molecule has 70 valence electrons. The van der Waals surface area contributed by atoms with Crippen molar-refractivity contribution >= 4 is 28.3 Å². The molecule has 0 saturated heterocycles. The average Bonchev–Trinajstić information content (AvgIpc) is 2.05. The Balaban J connectivity index is 2.29. The summed E-state index contributed by atoms with van der Waals surface area (Å²) in [6, 6.07) is 0. The van der Waals surface area contributed by atoms with Crippen LogP contribution in [0.1, 0.15) is 39.0 Å². The standard InChI is InChI=1S/C9H17NS2/c1-7(12-9(10)11)8-5-3-2-4-6-8/h7-8H,2-6H2,1H3,(H2,10,11). The molecule has 0 heterocycles. The molecule has 1 rings (SSSR count). The summed E-state index contributed by atoms with van der Waals surface area (Å²) in [5, 5.41) is 0.628. The van der Waals surface area contributed by atoms with Crippen LogP contribution in [-0.2, 0) is 0 Å². The highest BCUT2D eigenvalue weighted by atomic mass is 32.2. The van der Waals surface area contributed by atoms with Gasteiger partial charge in [0.1, 0.15) is 4.32 Å². The van der Waals surface area contributed by atoms with E-state index in [9.17, 15) is 0 Å². The van der Waals surface area contributed by atoms with Crippen LogP contribution in [0.25, 0.3) is 0 Å². The average molecular weight is 203 g/mol. The molecule has 0 radical (unpaired) electrons. The lowest BCUT2D eigenvalue weighted by Crippen LogP contribution is -2.20. The molecule has 0 bridgehead atoms. The smallest absolute Gasteiger partial charge is 0.131 e. The summed E-state index contributed by atoms with van der Waals surface area (Å²) in [7, 11) is 0. The topological polar surface area (TPSA) is 26.0 Å². The highest BCUT2D eigenvalue weighted by Gasteiger charge is 2.20. The summed E-state index contributed by atoms with van der Waals surface area (Å²) in [6.07, 6.45) is 6.95. The lowest BCUT2D eigenvalue weighted by Gasteiger charge is -2.26. The fraction of sp³-hybridized carbons (Fsp3) is 0.889. The van der Waals surface area contributed by atoms with Gasteiger partial charge in [0, 0.05) is 5.25 Å². The first kappa shape index (κ1) is 10.3. The molecule has 2 N–H and O–H groups in total. The van der Waals surface area contributed by atoms with Crippen LogP contribution in [0.15, 0.2) is 0 Å². The Morgan fingerprint density at radius 1 is 1.42 bits per heavy atom. The van der Waals surface area contributed by atoms with E-state index in [-0.39, 0.29) is 0 Å². The Kier molecular flexibility index (Phi) is 4.36. The second-order valence-corrected chi connectivity index (χ2v) is 5.66. The van der Waals surface area contributed by atoms with Crippen LogP contribution in [-0.4, -0.2) is 9.57 Å². The third-order valence-corrected chi connectivity index (χ3v) is 3.89. The van der Waals surface area contributed by atoms with Gasteiger partial charge in [-0.25, -0.2) is 0 Å². The third kappa shape index (κ3) is 3.31. The van der Waals surface area contributed by atoms with E-state index in [0.29, 0.717) is 9.57 Å². The number of hydrogen-bond donors (Lipinski definition) is 1. The molecule has 12 heavy (non-hydrogen) atoms. The van der Waals surface area contributed by atoms with Crippen molar-refractivity contribution in [2.24, 2.45) is 11.7 Å². The largest absolute Gasteiger partial charge is 0.385 e. The van der Waals surface area contributed by atoms with Crippen molar-refractivity contribution in [3.8, 4) is 0 Å². The molecular formula is C9H17NS2. The van der Waals surface area contributed by atoms with Gasteiger partial charge < -0.3 is 5.73 Å². The van der Waals surface area contributed by atoms with Crippen molar-refractivity contribution in [3.63, 3.8) is 0 Å². The van der Waals surface area contributed by atoms with Crippen LogP contribution < -0.4 is 5.73 Å². The molecule has 0 aromatic heterocycles. The van der Waals surface area contributed by atoms with E-state index in [4.69, 9.17) is 18.0 Å². The van der Waals surface area contributed by atoms with Crippen molar-refractivity contribution in [2.45, 2.75) is 44.3 Å². The zero-order chi connectivity index (χ0) is 8.97. The van der Waals surface area contributed by atoms with E-state index >= 15 is 0 Å². The van der Waals surface area contributed by atoms with Gasteiger partial charge in [0.2, 0.25) is 0 Å². The van der Waals surface area contributed by atoms with E-state index < -0.39 is 0 Å². The quantitative estimate of drug-likeness (QED) is 0.699. The molecule has 0 aliphatic heterocycles. The van der Waals surface area contributed by atoms with Gasteiger partial charge in [-0.05, 0) is 18.8 Å². The number of thioether (sulfide) groups is 1. The molecular weight excluding hydrogens is 186 g/mol. The SMILES string of the molecule is CC(SC(N)=S)C1CCCCC1. The van der Waals surface area contributed by atoms with Gasteiger partial charge in [-0.3, -0.25) is 0 Å². The zero-order valence-corrected chi connectivity index (χ0v) is 9.22. The first-order chi connectivity index (χ1) is 5.70. The summed E-state index contributed by atoms with van der Waals surface area (Å²) in [5.41, 5.74) is 5.49. The van der Waals surface area contributed by atoms with Crippen LogP contribution >= 0.6 is 24.0 Å². The van der Waals surface area contributed by atoms with Gasteiger partial charge in [-0.2, -0.15) is 0 Å². The van der Waals surface area contributed by atoms with Crippen LogP contribution in [0.2, 0.25) is 0 Å². The molecule has 1 saturated carbocycles. The molecule has 0 aromatic carbocycles. The van der Waals surface area contributed by atoms with Crippen molar-refractivity contribution in [2.75, 3.05) is 0 Å². The number of hydrogen-bond acceptors (Lipinski definition) is 2. The Labute approximate surface area is 84.5 Å². The second-order valence-electron chi connectivity index (χ2n) is 3.54. The molecule has 0 spiro atoms. The van der Waals surface area contributed by atoms with E-state index in [0.717, 1.165) is 5.92 Å². The maximum Gasteiger partial charge on any atom is 0.131 e. The Morgan fingerprint density at radius 3 is 2.50 bits per heavy atom. The van der Waals surface area contributed by atoms with Crippen molar-refractivity contribution < 1.29 is 0 Å². The van der Waals surface area contributed by atoms with Crippen LogP contribution in [0.4, 0.5) is 0 Å². The predicted molar refractivity (Wildman–Crippen MR) is 60.4 cm³/mol. The summed E-state index contributed by atoms with van der Waals surface area (Å²) < 4.78 is 0.605. The minimum absolute atomic E-state index is 0.605. The summed E-state index contributed by atoms with van der Waals surface area (Å²) in [6.45, 7) is 2.25. The van der Waals surface area contributed by atoms with Gasteiger partial charge in [0.05, 0.1) is 0 Å². The fourth-order valence-electron chi connectivity index (χ4n) is 1.88. The number of nitrogens with two attached hydrogens (primary N) is 1. The van der Waals surface area contributed by atoms with E-state index in [1.54, 1.807) is 11.8 Å². The first-order valence-corrected chi connectivity index (χ1v) is 5.95. The maximum atomic E-state index is 5.49. The molecule has 1 unspecified atom stereocenters. The Morgan fingerprint density at radius 2 is 2.00 bits per heavy atom. The van der Waals surface area contributed by atoms with Gasteiger partial charge in [0.25, 0.3) is 0 Å². The third-order valence-electron chi connectivity index (χ3n) is 2.62. The molecule has 1 atom stereocenters. The lowest BCUT2D eigenvalue weighted by atomic mass is 9.87. The zero-order valence-electron chi connectivity index (χ0n) is 7.58. The second kappa shape index (κ2) is 5.07. The van der Waals surface area contributed by atoms with Crippen molar-refractivity contribution in [3.05, 3.63) is 0 Å². The monoisotopic (exact) mass is 203 g/mol. The van der Waals surface area contributed by atoms with Crippen molar-refractivity contribution in [1.82, 2.24) is 0 Å². The summed E-state index contributed by atoms with van der Waals surface area (Å²) in [4.78, 5) is 0. The molecule has 3 heteroatoms. The van der Waals surface area contributed by atoms with Gasteiger partial charge in [0.15, 0.2) is 0 Å². The van der Waals surface area contributed by atoms with Crippen LogP contribution in [0, 0.1) is 5.92 Å². The number of thiocarbonyl (C=S) groups is 1. The van der Waals surface area contributed by atoms with Gasteiger partial charge in [-0.15, -0.1) is 0 Å². The molecule has 1 nitrogen and oxygen atoms in total. The lowest BCUT2D eigenvalue weighted by molar-refractivity contribution is 0.357. The molecule has 0 aromatic rings. The summed E-state index contributed by atoms with van der Waals surface area (Å²) in [5.74, 6) is 0.852. The van der Waals surface area contributed by atoms with Gasteiger partial charge in [-0.1, -0.05) is 50.2 Å². The minimum atomic E-state index is 0.605. The first-order valence-electron chi connectivity index (χ1n) is 4.66. The Bertz CT molecular complexity index is 153. The van der Waals surface area contributed by atoms with E-state index in [1.165, 1.54) is 32.1 Å². The van der Waals surface area contributed by atoms with E-state index in [1.807, 2.05) is 0 Å². The highest BCUT2D eigenvalue weighted by Crippen LogP contribution is 2.32. The molecule has 1 aliphatic rings. The number of rotatable bonds is 2. The van der Waals surface area contributed by atoms with Gasteiger partial charge >= 0.3 is 0 Å². The van der Waals surface area contributed by atoms with Crippen molar-refractivity contribution in [1.29, 1.82) is 0 Å².